The molecule has 112 valence electrons. The molecule has 0 aliphatic heterocycles. The molecule has 0 bridgehead atoms. The maximum absolute atomic E-state index is 11.8. The summed E-state index contributed by atoms with van der Waals surface area (Å²) in [4.78, 5) is 11.8. The van der Waals surface area contributed by atoms with Gasteiger partial charge in [0.1, 0.15) is 5.54 Å². The lowest BCUT2D eigenvalue weighted by molar-refractivity contribution is -0.150. The van der Waals surface area contributed by atoms with Crippen LogP contribution in [0.5, 0.6) is 0 Å². The van der Waals surface area contributed by atoms with E-state index in [2.05, 4.69) is 12.2 Å². The van der Waals surface area contributed by atoms with E-state index in [1.807, 2.05) is 13.8 Å². The molecule has 4 unspecified atom stereocenters. The van der Waals surface area contributed by atoms with E-state index in [0.29, 0.717) is 12.5 Å². The van der Waals surface area contributed by atoms with Gasteiger partial charge in [0.25, 0.3) is 0 Å². The van der Waals surface area contributed by atoms with Gasteiger partial charge in [0, 0.05) is 6.42 Å². The molecule has 1 N–H and O–H groups in total. The molecule has 0 aromatic rings. The second kappa shape index (κ2) is 7.25. The standard InChI is InChI=1S/C15H29NO3/c1-11-7-6-8-13(9-11)19-12(2)10-15(3,16-4)14(17)18-5/h11-13,16H,6-10H2,1-5H3. The Balaban J connectivity index is 2.48. The number of hydrogen-bond acceptors (Lipinski definition) is 4. The van der Waals surface area contributed by atoms with Crippen LogP contribution >= 0.6 is 0 Å². The van der Waals surface area contributed by atoms with E-state index in [0.717, 1.165) is 18.8 Å². The van der Waals surface area contributed by atoms with Crippen LogP contribution < -0.4 is 5.32 Å². The number of carbonyl (C=O) groups is 1. The number of nitrogens with one attached hydrogen (secondary N) is 1. The molecule has 0 heterocycles. The minimum atomic E-state index is -0.672. The highest BCUT2D eigenvalue weighted by Gasteiger charge is 2.35. The third kappa shape index (κ3) is 4.77. The lowest BCUT2D eigenvalue weighted by atomic mass is 9.88. The molecule has 1 aliphatic rings. The molecule has 0 spiro atoms. The first-order chi connectivity index (χ1) is 8.91. The summed E-state index contributed by atoms with van der Waals surface area (Å²) in [6.45, 7) is 6.19. The highest BCUT2D eigenvalue weighted by atomic mass is 16.5. The van der Waals surface area contributed by atoms with Crippen molar-refractivity contribution in [1.29, 1.82) is 0 Å². The third-order valence-electron chi connectivity index (χ3n) is 4.20. The van der Waals surface area contributed by atoms with Crippen LogP contribution in [0.4, 0.5) is 0 Å². The number of carbonyl (C=O) groups excluding carboxylic acids is 1. The highest BCUT2D eigenvalue weighted by molar-refractivity contribution is 5.80. The van der Waals surface area contributed by atoms with Crippen molar-refractivity contribution in [2.24, 2.45) is 5.92 Å². The third-order valence-corrected chi connectivity index (χ3v) is 4.20. The first-order valence-corrected chi connectivity index (χ1v) is 7.34. The fourth-order valence-electron chi connectivity index (χ4n) is 2.97. The van der Waals surface area contributed by atoms with Gasteiger partial charge >= 0.3 is 5.97 Å². The minimum Gasteiger partial charge on any atom is -0.468 e. The fraction of sp³-hybridized carbons (Fsp3) is 0.933. The Morgan fingerprint density at radius 2 is 2.16 bits per heavy atom. The molecule has 1 rings (SSSR count). The number of likely N-dealkylation sites (N-methyl/N-ethyl adjacent to an activating group) is 1. The summed E-state index contributed by atoms with van der Waals surface area (Å²) in [5.41, 5.74) is -0.672. The molecule has 4 heteroatoms. The summed E-state index contributed by atoms with van der Waals surface area (Å²) in [5, 5.41) is 3.05. The Hall–Kier alpha value is -0.610. The van der Waals surface area contributed by atoms with Crippen LogP contribution in [-0.4, -0.2) is 37.9 Å². The Morgan fingerprint density at radius 1 is 1.47 bits per heavy atom. The Kier molecular flexibility index (Phi) is 6.27. The number of ether oxygens (including phenoxy) is 2. The molecule has 0 amide bonds. The molecule has 4 atom stereocenters. The summed E-state index contributed by atoms with van der Waals surface area (Å²) in [5.74, 6) is 0.518. The van der Waals surface area contributed by atoms with Crippen molar-refractivity contribution < 1.29 is 14.3 Å². The van der Waals surface area contributed by atoms with E-state index in [4.69, 9.17) is 9.47 Å². The van der Waals surface area contributed by atoms with Gasteiger partial charge in [-0.05, 0) is 39.7 Å². The SMILES string of the molecule is CNC(C)(CC(C)OC1CCCC(C)C1)C(=O)OC. The van der Waals surface area contributed by atoms with E-state index in [9.17, 15) is 4.79 Å². The van der Waals surface area contributed by atoms with Crippen molar-refractivity contribution in [2.45, 2.75) is 70.6 Å². The first-order valence-electron chi connectivity index (χ1n) is 7.34. The zero-order chi connectivity index (χ0) is 14.5. The molecular formula is C15H29NO3. The molecule has 0 aromatic heterocycles. The van der Waals surface area contributed by atoms with Gasteiger partial charge in [0.05, 0.1) is 19.3 Å². The normalized spacial score (nSPS) is 28.5. The van der Waals surface area contributed by atoms with Gasteiger partial charge in [-0.3, -0.25) is 4.79 Å². The van der Waals surface area contributed by atoms with Gasteiger partial charge in [-0.2, -0.15) is 0 Å². The van der Waals surface area contributed by atoms with Crippen molar-refractivity contribution in [3.63, 3.8) is 0 Å². The highest BCUT2D eigenvalue weighted by Crippen LogP contribution is 2.28. The van der Waals surface area contributed by atoms with Crippen LogP contribution in [-0.2, 0) is 14.3 Å². The van der Waals surface area contributed by atoms with Crippen LogP contribution in [0.25, 0.3) is 0 Å². The van der Waals surface area contributed by atoms with Crippen molar-refractivity contribution >= 4 is 5.97 Å². The lowest BCUT2D eigenvalue weighted by Crippen LogP contribution is -2.50. The Labute approximate surface area is 117 Å². The van der Waals surface area contributed by atoms with Crippen molar-refractivity contribution in [1.82, 2.24) is 5.32 Å². The molecular weight excluding hydrogens is 242 g/mol. The van der Waals surface area contributed by atoms with E-state index < -0.39 is 5.54 Å². The van der Waals surface area contributed by atoms with Crippen molar-refractivity contribution in [2.75, 3.05) is 14.2 Å². The fourth-order valence-corrected chi connectivity index (χ4v) is 2.97. The average molecular weight is 271 g/mol. The second-order valence-electron chi connectivity index (χ2n) is 6.12. The van der Waals surface area contributed by atoms with Crippen LogP contribution in [0.3, 0.4) is 0 Å². The maximum atomic E-state index is 11.8. The summed E-state index contributed by atoms with van der Waals surface area (Å²) >= 11 is 0. The van der Waals surface area contributed by atoms with Crippen LogP contribution in [0.15, 0.2) is 0 Å². The monoisotopic (exact) mass is 271 g/mol. The topological polar surface area (TPSA) is 47.6 Å². The van der Waals surface area contributed by atoms with E-state index in [-0.39, 0.29) is 12.1 Å². The molecule has 0 saturated heterocycles. The van der Waals surface area contributed by atoms with Gasteiger partial charge < -0.3 is 14.8 Å². The van der Waals surface area contributed by atoms with E-state index in [1.54, 1.807) is 7.05 Å². The summed E-state index contributed by atoms with van der Waals surface area (Å²) in [6.07, 6.45) is 5.86. The molecule has 19 heavy (non-hydrogen) atoms. The first kappa shape index (κ1) is 16.4. The van der Waals surface area contributed by atoms with Crippen LogP contribution in [0, 0.1) is 5.92 Å². The second-order valence-corrected chi connectivity index (χ2v) is 6.12. The number of rotatable bonds is 6. The van der Waals surface area contributed by atoms with E-state index in [1.165, 1.54) is 20.0 Å². The predicted molar refractivity (Wildman–Crippen MR) is 76.1 cm³/mol. The number of esters is 1. The molecule has 1 fully saturated rings. The average Bonchev–Trinajstić information content (AvgIpc) is 2.37. The minimum absolute atomic E-state index is 0.0480. The van der Waals surface area contributed by atoms with E-state index >= 15 is 0 Å². The van der Waals surface area contributed by atoms with Crippen LogP contribution in [0.1, 0.15) is 52.9 Å². The van der Waals surface area contributed by atoms with Crippen molar-refractivity contribution in [3.8, 4) is 0 Å². The Bertz CT molecular complexity index is 295. The Morgan fingerprint density at radius 3 is 2.68 bits per heavy atom. The van der Waals surface area contributed by atoms with Crippen LogP contribution in [0.2, 0.25) is 0 Å². The summed E-state index contributed by atoms with van der Waals surface area (Å²) in [7, 11) is 3.21. The predicted octanol–water partition coefficient (Wildman–Crippen LogP) is 2.51. The van der Waals surface area contributed by atoms with Gasteiger partial charge in [-0.25, -0.2) is 0 Å². The number of methoxy groups -OCH3 is 1. The smallest absolute Gasteiger partial charge is 0.325 e. The zero-order valence-electron chi connectivity index (χ0n) is 13.0. The lowest BCUT2D eigenvalue weighted by Gasteiger charge is -2.33. The quantitative estimate of drug-likeness (QED) is 0.754. The van der Waals surface area contributed by atoms with Crippen molar-refractivity contribution in [3.05, 3.63) is 0 Å². The van der Waals surface area contributed by atoms with Gasteiger partial charge in [-0.15, -0.1) is 0 Å². The molecule has 0 radical (unpaired) electrons. The van der Waals surface area contributed by atoms with Gasteiger partial charge in [0.15, 0.2) is 0 Å². The largest absolute Gasteiger partial charge is 0.468 e. The maximum Gasteiger partial charge on any atom is 0.325 e. The number of hydrogen-bond donors (Lipinski definition) is 1. The van der Waals surface area contributed by atoms with Gasteiger partial charge in [0.2, 0.25) is 0 Å². The molecule has 1 saturated carbocycles. The van der Waals surface area contributed by atoms with Gasteiger partial charge in [-0.1, -0.05) is 19.8 Å². The molecule has 0 aromatic carbocycles. The molecule has 1 aliphatic carbocycles. The zero-order valence-corrected chi connectivity index (χ0v) is 13.0. The summed E-state index contributed by atoms with van der Waals surface area (Å²) in [6, 6.07) is 0. The molecule has 4 nitrogen and oxygen atoms in total. The summed E-state index contributed by atoms with van der Waals surface area (Å²) < 4.78 is 11.0.